The molecule has 0 radical (unpaired) electrons. The molecule has 1 aromatic carbocycles. The molecule has 1 aliphatic rings. The molecule has 0 aliphatic heterocycles. The number of rotatable bonds is 6. The van der Waals surface area contributed by atoms with E-state index in [1.165, 1.54) is 0 Å². The van der Waals surface area contributed by atoms with Gasteiger partial charge in [0.1, 0.15) is 17.3 Å². The highest BCUT2D eigenvalue weighted by molar-refractivity contribution is 5.92. The minimum atomic E-state index is -0.266. The first-order valence-corrected chi connectivity index (χ1v) is 7.61. The summed E-state index contributed by atoms with van der Waals surface area (Å²) in [6, 6.07) is 6.95. The molecule has 1 amide bonds. The van der Waals surface area contributed by atoms with Crippen LogP contribution in [0.4, 0.5) is 0 Å². The van der Waals surface area contributed by atoms with Crippen molar-refractivity contribution in [3.8, 4) is 11.5 Å². The number of benzene rings is 1. The highest BCUT2D eigenvalue weighted by atomic mass is 16.5. The van der Waals surface area contributed by atoms with Crippen LogP contribution in [0.25, 0.3) is 0 Å². The Morgan fingerprint density at radius 1 is 1.30 bits per heavy atom. The third-order valence-electron chi connectivity index (χ3n) is 3.99. The van der Waals surface area contributed by atoms with E-state index < -0.39 is 0 Å². The molecule has 6 nitrogen and oxygen atoms in total. The summed E-state index contributed by atoms with van der Waals surface area (Å²) in [4.78, 5) is 12.3. The maximum Gasteiger partial charge on any atom is 0.273 e. The van der Waals surface area contributed by atoms with Gasteiger partial charge >= 0.3 is 0 Å². The first-order chi connectivity index (χ1) is 11.1. The van der Waals surface area contributed by atoms with Gasteiger partial charge in [-0.2, -0.15) is 0 Å². The van der Waals surface area contributed by atoms with Crippen LogP contribution in [-0.2, 0) is 0 Å². The number of methoxy groups -OCH3 is 2. The highest BCUT2D eigenvalue weighted by Crippen LogP contribution is 2.40. The minimum Gasteiger partial charge on any atom is -0.497 e. The van der Waals surface area contributed by atoms with E-state index in [9.17, 15) is 4.79 Å². The van der Waals surface area contributed by atoms with Crippen LogP contribution in [0.1, 0.15) is 53.5 Å². The fraction of sp³-hybridized carbons (Fsp3) is 0.412. The van der Waals surface area contributed by atoms with Gasteiger partial charge < -0.3 is 19.3 Å². The molecule has 1 atom stereocenters. The van der Waals surface area contributed by atoms with Crippen LogP contribution in [0.5, 0.6) is 11.5 Å². The second-order valence-electron chi connectivity index (χ2n) is 5.69. The van der Waals surface area contributed by atoms with Crippen molar-refractivity contribution < 1.29 is 18.8 Å². The van der Waals surface area contributed by atoms with Crippen LogP contribution in [0, 0.1) is 0 Å². The number of hydrogen-bond donors (Lipinski definition) is 1. The van der Waals surface area contributed by atoms with Crippen LogP contribution in [0.3, 0.4) is 0 Å². The first-order valence-electron chi connectivity index (χ1n) is 7.61. The number of carbonyl (C=O) groups excluding carboxylic acids is 1. The van der Waals surface area contributed by atoms with E-state index in [0.29, 0.717) is 23.1 Å². The standard InChI is InChI=1S/C17H20N2O4/c1-10(13-8-12(21-2)6-7-15(13)22-3)18-17(20)14-9-16(23-19-14)11-4-5-11/h6-11H,4-5H2,1-3H3,(H,18,20)/t10-/m1/s1. The van der Waals surface area contributed by atoms with Gasteiger partial charge in [0.25, 0.3) is 5.91 Å². The predicted molar refractivity (Wildman–Crippen MR) is 83.9 cm³/mol. The van der Waals surface area contributed by atoms with Gasteiger partial charge in [-0.15, -0.1) is 0 Å². The van der Waals surface area contributed by atoms with E-state index in [2.05, 4.69) is 10.5 Å². The molecule has 1 aromatic heterocycles. The van der Waals surface area contributed by atoms with Crippen molar-refractivity contribution in [2.24, 2.45) is 0 Å². The monoisotopic (exact) mass is 316 g/mol. The van der Waals surface area contributed by atoms with Crippen molar-refractivity contribution in [3.05, 3.63) is 41.3 Å². The molecule has 1 fully saturated rings. The molecule has 1 saturated carbocycles. The zero-order valence-corrected chi connectivity index (χ0v) is 13.5. The third kappa shape index (κ3) is 3.31. The molecule has 6 heteroatoms. The summed E-state index contributed by atoms with van der Waals surface area (Å²) in [5.74, 6) is 2.36. The van der Waals surface area contributed by atoms with Crippen LogP contribution < -0.4 is 14.8 Å². The lowest BCUT2D eigenvalue weighted by atomic mass is 10.1. The third-order valence-corrected chi connectivity index (χ3v) is 3.99. The van der Waals surface area contributed by atoms with E-state index in [-0.39, 0.29) is 11.9 Å². The molecular formula is C17H20N2O4. The number of nitrogens with one attached hydrogen (secondary N) is 1. The lowest BCUT2D eigenvalue weighted by Crippen LogP contribution is -2.27. The minimum absolute atomic E-state index is 0.256. The van der Waals surface area contributed by atoms with Gasteiger partial charge in [0.2, 0.25) is 0 Å². The lowest BCUT2D eigenvalue weighted by Gasteiger charge is -2.17. The topological polar surface area (TPSA) is 73.6 Å². The van der Waals surface area contributed by atoms with Crippen LogP contribution >= 0.6 is 0 Å². The summed E-state index contributed by atoms with van der Waals surface area (Å²) in [6.07, 6.45) is 2.21. The summed E-state index contributed by atoms with van der Waals surface area (Å²) in [7, 11) is 3.20. The molecule has 2 aromatic rings. The Balaban J connectivity index is 1.74. The quantitative estimate of drug-likeness (QED) is 0.886. The van der Waals surface area contributed by atoms with Gasteiger partial charge in [0, 0.05) is 17.5 Å². The first kappa shape index (κ1) is 15.4. The van der Waals surface area contributed by atoms with Gasteiger partial charge in [0.15, 0.2) is 5.69 Å². The molecule has 0 saturated heterocycles. The van der Waals surface area contributed by atoms with E-state index in [1.54, 1.807) is 20.3 Å². The summed E-state index contributed by atoms with van der Waals surface area (Å²) < 4.78 is 15.8. The number of amides is 1. The second-order valence-corrected chi connectivity index (χ2v) is 5.69. The summed E-state index contributed by atoms with van der Waals surface area (Å²) in [5.41, 5.74) is 1.15. The van der Waals surface area contributed by atoms with Crippen molar-refractivity contribution in [1.82, 2.24) is 10.5 Å². The molecule has 122 valence electrons. The maximum absolute atomic E-state index is 12.3. The van der Waals surface area contributed by atoms with Crippen molar-refractivity contribution in [3.63, 3.8) is 0 Å². The van der Waals surface area contributed by atoms with E-state index >= 15 is 0 Å². The SMILES string of the molecule is COc1ccc(OC)c([C@@H](C)NC(=O)c2cc(C3CC3)on2)c1. The molecule has 0 spiro atoms. The van der Waals surface area contributed by atoms with Gasteiger partial charge in [0.05, 0.1) is 20.3 Å². The lowest BCUT2D eigenvalue weighted by molar-refractivity contribution is 0.0930. The van der Waals surface area contributed by atoms with Crippen molar-refractivity contribution in [2.45, 2.75) is 31.7 Å². The van der Waals surface area contributed by atoms with Crippen LogP contribution in [0.15, 0.2) is 28.8 Å². The average molecular weight is 316 g/mol. The van der Waals surface area contributed by atoms with Gasteiger partial charge in [-0.05, 0) is 38.0 Å². The molecule has 1 N–H and O–H groups in total. The van der Waals surface area contributed by atoms with Gasteiger partial charge in [-0.25, -0.2) is 0 Å². The zero-order chi connectivity index (χ0) is 16.4. The smallest absolute Gasteiger partial charge is 0.273 e. The van der Waals surface area contributed by atoms with Crippen LogP contribution in [-0.4, -0.2) is 25.3 Å². The number of carbonyl (C=O) groups is 1. The predicted octanol–water partition coefficient (Wildman–Crippen LogP) is 3.06. The fourth-order valence-corrected chi connectivity index (χ4v) is 2.48. The summed E-state index contributed by atoms with van der Waals surface area (Å²) in [5, 5.41) is 6.77. The Labute approximate surface area is 134 Å². The van der Waals surface area contributed by atoms with Crippen LogP contribution in [0.2, 0.25) is 0 Å². The Kier molecular flexibility index (Phi) is 4.23. The Bertz CT molecular complexity index is 706. The summed E-state index contributed by atoms with van der Waals surface area (Å²) in [6.45, 7) is 1.89. The van der Waals surface area contributed by atoms with Crippen molar-refractivity contribution in [2.75, 3.05) is 14.2 Å². The molecule has 3 rings (SSSR count). The molecular weight excluding hydrogens is 296 g/mol. The Morgan fingerprint density at radius 2 is 2.09 bits per heavy atom. The number of hydrogen-bond acceptors (Lipinski definition) is 5. The fourth-order valence-electron chi connectivity index (χ4n) is 2.48. The Morgan fingerprint density at radius 3 is 2.74 bits per heavy atom. The zero-order valence-electron chi connectivity index (χ0n) is 13.5. The maximum atomic E-state index is 12.3. The van der Waals surface area contributed by atoms with E-state index in [4.69, 9.17) is 14.0 Å². The van der Waals surface area contributed by atoms with Crippen molar-refractivity contribution >= 4 is 5.91 Å². The molecule has 0 bridgehead atoms. The van der Waals surface area contributed by atoms with E-state index in [1.807, 2.05) is 25.1 Å². The highest BCUT2D eigenvalue weighted by Gasteiger charge is 2.29. The van der Waals surface area contributed by atoms with Crippen molar-refractivity contribution in [1.29, 1.82) is 0 Å². The van der Waals surface area contributed by atoms with Gasteiger partial charge in [-0.1, -0.05) is 5.16 Å². The number of ether oxygens (including phenoxy) is 2. The average Bonchev–Trinajstić information content (AvgIpc) is 3.30. The number of aromatic nitrogens is 1. The summed E-state index contributed by atoms with van der Waals surface area (Å²) >= 11 is 0. The Hall–Kier alpha value is -2.50. The molecule has 1 heterocycles. The number of nitrogens with zero attached hydrogens (tertiary/aromatic N) is 1. The normalized spacial score (nSPS) is 15.1. The molecule has 1 aliphatic carbocycles. The molecule has 0 unspecified atom stereocenters. The molecule has 23 heavy (non-hydrogen) atoms. The van der Waals surface area contributed by atoms with Gasteiger partial charge in [-0.3, -0.25) is 4.79 Å². The van der Waals surface area contributed by atoms with E-state index in [0.717, 1.165) is 24.2 Å². The largest absolute Gasteiger partial charge is 0.497 e. The second kappa shape index (κ2) is 6.32.